The van der Waals surface area contributed by atoms with Crippen LogP contribution in [0.15, 0.2) is 41.4 Å². The van der Waals surface area contributed by atoms with Crippen molar-refractivity contribution in [1.82, 2.24) is 25.2 Å². The van der Waals surface area contributed by atoms with Crippen LogP contribution < -0.4 is 10.6 Å². The fraction of sp³-hybridized carbons (Fsp3) is 0.333. The van der Waals surface area contributed by atoms with E-state index in [9.17, 15) is 22.4 Å². The maximum Gasteiger partial charge on any atom is 0.408 e. The van der Waals surface area contributed by atoms with Crippen LogP contribution in [0.3, 0.4) is 0 Å². The maximum absolute atomic E-state index is 14.0. The van der Waals surface area contributed by atoms with Crippen LogP contribution in [0.1, 0.15) is 35.5 Å². The van der Waals surface area contributed by atoms with E-state index in [0.717, 1.165) is 12.5 Å². The SMILES string of the molecule is CC(Nc1ncc2c(n1)CN(C(=O)NC(c1ccc(Cl)c(F)c1)c1cnco1)CC2)C(F)(F)F. The number of carbonyl (C=O) groups excluding carboxylic acids is 1. The van der Waals surface area contributed by atoms with Gasteiger partial charge in [0.1, 0.15) is 17.9 Å². The summed E-state index contributed by atoms with van der Waals surface area (Å²) in [5, 5.41) is 4.94. The van der Waals surface area contributed by atoms with E-state index in [1.54, 1.807) is 6.07 Å². The molecule has 4 rings (SSSR count). The van der Waals surface area contributed by atoms with Crippen LogP contribution >= 0.6 is 11.6 Å². The van der Waals surface area contributed by atoms with Gasteiger partial charge in [0.05, 0.1) is 23.5 Å². The van der Waals surface area contributed by atoms with E-state index in [4.69, 9.17) is 16.0 Å². The molecule has 13 heteroatoms. The number of alkyl halides is 3. The van der Waals surface area contributed by atoms with Crippen molar-refractivity contribution in [1.29, 1.82) is 0 Å². The number of hydrogen-bond acceptors (Lipinski definition) is 6. The van der Waals surface area contributed by atoms with Gasteiger partial charge in [-0.3, -0.25) is 0 Å². The van der Waals surface area contributed by atoms with Crippen LogP contribution in [0.5, 0.6) is 0 Å². The highest BCUT2D eigenvalue weighted by Gasteiger charge is 2.36. The number of rotatable bonds is 5. The molecule has 3 aromatic rings. The summed E-state index contributed by atoms with van der Waals surface area (Å²) in [5.41, 5.74) is 1.56. The highest BCUT2D eigenvalue weighted by atomic mass is 35.5. The Bertz CT molecular complexity index is 1170. The lowest BCUT2D eigenvalue weighted by Gasteiger charge is -2.30. The van der Waals surface area contributed by atoms with Crippen LogP contribution in [0.25, 0.3) is 0 Å². The largest absolute Gasteiger partial charge is 0.446 e. The van der Waals surface area contributed by atoms with Gasteiger partial charge in [0.2, 0.25) is 5.95 Å². The molecule has 0 aliphatic carbocycles. The summed E-state index contributed by atoms with van der Waals surface area (Å²) in [6, 6.07) is 0.923. The molecule has 0 fully saturated rings. The molecule has 1 aliphatic rings. The zero-order valence-corrected chi connectivity index (χ0v) is 18.5. The Balaban J connectivity index is 1.51. The van der Waals surface area contributed by atoms with Gasteiger partial charge in [0, 0.05) is 12.7 Å². The molecule has 2 N–H and O–H groups in total. The average Bonchev–Trinajstić information content (AvgIpc) is 3.32. The number of amides is 2. The smallest absolute Gasteiger partial charge is 0.408 e. The van der Waals surface area contributed by atoms with Gasteiger partial charge in [-0.15, -0.1) is 0 Å². The third-order valence-electron chi connectivity index (χ3n) is 5.35. The number of fused-ring (bicyclic) bond motifs is 1. The quantitative estimate of drug-likeness (QED) is 0.504. The number of benzene rings is 1. The summed E-state index contributed by atoms with van der Waals surface area (Å²) in [5.74, 6) is -0.556. The molecule has 0 radical (unpaired) electrons. The third kappa shape index (κ3) is 5.22. The number of nitrogens with zero attached hydrogens (tertiary/aromatic N) is 4. The van der Waals surface area contributed by atoms with Gasteiger partial charge in [0.25, 0.3) is 0 Å². The Hall–Kier alpha value is -3.41. The van der Waals surface area contributed by atoms with Crippen molar-refractivity contribution in [3.63, 3.8) is 0 Å². The molecule has 0 saturated carbocycles. The van der Waals surface area contributed by atoms with Gasteiger partial charge in [-0.1, -0.05) is 17.7 Å². The molecule has 180 valence electrons. The number of anilines is 1. The van der Waals surface area contributed by atoms with Crippen LogP contribution in [0.2, 0.25) is 5.02 Å². The van der Waals surface area contributed by atoms with Crippen molar-refractivity contribution >= 4 is 23.6 Å². The van der Waals surface area contributed by atoms with E-state index in [1.807, 2.05) is 0 Å². The van der Waals surface area contributed by atoms with Crippen LogP contribution in [0.4, 0.5) is 28.3 Å². The van der Waals surface area contributed by atoms with Crippen molar-refractivity contribution in [2.75, 3.05) is 11.9 Å². The van der Waals surface area contributed by atoms with E-state index in [1.165, 1.54) is 35.8 Å². The first-order valence-corrected chi connectivity index (χ1v) is 10.6. The molecule has 2 aromatic heterocycles. The second-order valence-corrected chi connectivity index (χ2v) is 8.11. The van der Waals surface area contributed by atoms with E-state index in [2.05, 4.69) is 25.6 Å². The predicted molar refractivity (Wildman–Crippen MR) is 114 cm³/mol. The molecular formula is C21H19ClF4N6O2. The van der Waals surface area contributed by atoms with Crippen LogP contribution in [-0.4, -0.2) is 44.6 Å². The lowest BCUT2D eigenvalue weighted by Crippen LogP contribution is -2.44. The first-order valence-electron chi connectivity index (χ1n) is 10.2. The Morgan fingerprint density at radius 2 is 2.09 bits per heavy atom. The lowest BCUT2D eigenvalue weighted by atomic mass is 10.0. The summed E-state index contributed by atoms with van der Waals surface area (Å²) in [4.78, 5) is 26.5. The maximum atomic E-state index is 14.0. The topological polar surface area (TPSA) is 96.2 Å². The van der Waals surface area contributed by atoms with Crippen molar-refractivity contribution in [3.8, 4) is 0 Å². The molecule has 2 atom stereocenters. The first kappa shape index (κ1) is 23.7. The number of aromatic nitrogens is 3. The molecular weight excluding hydrogens is 480 g/mol. The van der Waals surface area contributed by atoms with Crippen molar-refractivity contribution in [3.05, 3.63) is 70.4 Å². The second-order valence-electron chi connectivity index (χ2n) is 7.70. The molecule has 0 bridgehead atoms. The zero-order chi connectivity index (χ0) is 24.5. The van der Waals surface area contributed by atoms with Gasteiger partial charge in [-0.2, -0.15) is 13.2 Å². The zero-order valence-electron chi connectivity index (χ0n) is 17.7. The molecule has 1 aromatic carbocycles. The van der Waals surface area contributed by atoms with Crippen molar-refractivity contribution in [2.24, 2.45) is 0 Å². The van der Waals surface area contributed by atoms with E-state index >= 15 is 0 Å². The minimum absolute atomic E-state index is 0.0524. The molecule has 2 amide bonds. The van der Waals surface area contributed by atoms with Gasteiger partial charge in [-0.25, -0.2) is 24.1 Å². The van der Waals surface area contributed by atoms with Gasteiger partial charge in [-0.05, 0) is 36.6 Å². The fourth-order valence-corrected chi connectivity index (χ4v) is 3.53. The second kappa shape index (κ2) is 9.45. The molecule has 8 nitrogen and oxygen atoms in total. The molecule has 3 heterocycles. The summed E-state index contributed by atoms with van der Waals surface area (Å²) >= 11 is 5.77. The van der Waals surface area contributed by atoms with Gasteiger partial charge in [0.15, 0.2) is 12.2 Å². The molecule has 2 unspecified atom stereocenters. The fourth-order valence-electron chi connectivity index (χ4n) is 3.42. The predicted octanol–water partition coefficient (Wildman–Crippen LogP) is 4.48. The van der Waals surface area contributed by atoms with Crippen molar-refractivity contribution < 1.29 is 26.8 Å². The number of halogens is 5. The molecule has 0 spiro atoms. The number of nitrogens with one attached hydrogen (secondary N) is 2. The first-order chi connectivity index (χ1) is 16.1. The Labute approximate surface area is 196 Å². The minimum atomic E-state index is -4.46. The number of urea groups is 1. The summed E-state index contributed by atoms with van der Waals surface area (Å²) in [6.45, 7) is 1.34. The molecule has 34 heavy (non-hydrogen) atoms. The van der Waals surface area contributed by atoms with Gasteiger partial charge < -0.3 is 20.0 Å². The normalized spacial score (nSPS) is 15.4. The minimum Gasteiger partial charge on any atom is -0.446 e. The monoisotopic (exact) mass is 498 g/mol. The average molecular weight is 499 g/mol. The molecule has 0 saturated heterocycles. The highest BCUT2D eigenvalue weighted by Crippen LogP contribution is 2.27. The number of hydrogen-bond donors (Lipinski definition) is 2. The summed E-state index contributed by atoms with van der Waals surface area (Å²) in [6.07, 6.45) is 0.000509. The van der Waals surface area contributed by atoms with Crippen molar-refractivity contribution in [2.45, 2.75) is 38.1 Å². The molecule has 1 aliphatic heterocycles. The Kier molecular flexibility index (Phi) is 6.60. The van der Waals surface area contributed by atoms with E-state index in [0.29, 0.717) is 24.2 Å². The van der Waals surface area contributed by atoms with Crippen LogP contribution in [0, 0.1) is 5.82 Å². The van der Waals surface area contributed by atoms with E-state index in [-0.39, 0.29) is 23.3 Å². The van der Waals surface area contributed by atoms with Crippen LogP contribution in [-0.2, 0) is 13.0 Å². The summed E-state index contributed by atoms with van der Waals surface area (Å²) in [7, 11) is 0. The third-order valence-corrected chi connectivity index (χ3v) is 5.66. The standard InChI is InChI=1S/C21H19ClF4N6O2/c1-11(21(24,25)26)29-19-28-7-13-4-5-32(9-16(13)30-19)20(33)31-18(17-8-27-10-34-17)12-2-3-14(22)15(23)6-12/h2-3,6-8,10-11,18H,4-5,9H2,1H3,(H,31,33)(H,28,29,30). The Morgan fingerprint density at radius 3 is 2.76 bits per heavy atom. The Morgan fingerprint density at radius 1 is 1.29 bits per heavy atom. The number of oxazole rings is 1. The number of carbonyl (C=O) groups is 1. The summed E-state index contributed by atoms with van der Waals surface area (Å²) < 4.78 is 57.9. The van der Waals surface area contributed by atoms with E-state index < -0.39 is 30.1 Å². The highest BCUT2D eigenvalue weighted by molar-refractivity contribution is 6.30. The van der Waals surface area contributed by atoms with Gasteiger partial charge >= 0.3 is 12.2 Å². The lowest BCUT2D eigenvalue weighted by molar-refractivity contribution is -0.138.